The molecule has 0 unspecified atom stereocenters. The fraction of sp³-hybridized carbons (Fsp3) is 0.818. The van der Waals surface area contributed by atoms with Gasteiger partial charge in [0.25, 0.3) is 0 Å². The van der Waals surface area contributed by atoms with Crippen LogP contribution in [-0.4, -0.2) is 0 Å². The van der Waals surface area contributed by atoms with Gasteiger partial charge in [0.2, 0.25) is 0 Å². The minimum Gasteiger partial charge on any atom is -0.0885 e. The second-order valence-electron chi connectivity index (χ2n) is 3.11. The summed E-state index contributed by atoms with van der Waals surface area (Å²) in [5.74, 6) is 0. The van der Waals surface area contributed by atoms with Gasteiger partial charge in [0.1, 0.15) is 0 Å². The van der Waals surface area contributed by atoms with Crippen molar-refractivity contribution in [2.24, 2.45) is 0 Å². The summed E-state index contributed by atoms with van der Waals surface area (Å²) in [6.07, 6.45) is 14.1. The van der Waals surface area contributed by atoms with Gasteiger partial charge in [0.15, 0.2) is 0 Å². The van der Waals surface area contributed by atoms with E-state index < -0.39 is 0 Å². The highest BCUT2D eigenvalue weighted by atomic mass is 13.9. The standard InChI is InChI=1S/C6H10.C5H12/c1-2-4-6-5-3-1;1-3-5-4-2/h1-2H,3-6H2;3-5H2,1-2H3. The molecule has 0 atom stereocenters. The molecule has 0 nitrogen and oxygen atoms in total. The summed E-state index contributed by atoms with van der Waals surface area (Å²) < 4.78 is 0. The topological polar surface area (TPSA) is 0 Å². The van der Waals surface area contributed by atoms with Gasteiger partial charge >= 0.3 is 0 Å². The maximum absolute atomic E-state index is 2.27. The van der Waals surface area contributed by atoms with Crippen LogP contribution in [0.1, 0.15) is 58.8 Å². The summed E-state index contributed by atoms with van der Waals surface area (Å²) in [5.41, 5.74) is 0. The molecule has 0 N–H and O–H groups in total. The maximum Gasteiger partial charge on any atom is -0.0351 e. The lowest BCUT2D eigenvalue weighted by molar-refractivity contribution is 0.730. The summed E-state index contributed by atoms with van der Waals surface area (Å²) in [6, 6.07) is 0. The van der Waals surface area contributed by atoms with Gasteiger partial charge in [-0.3, -0.25) is 0 Å². The fourth-order valence-electron chi connectivity index (χ4n) is 1.11. The molecule has 0 saturated heterocycles. The Kier molecular flexibility index (Phi) is 9.51. The second-order valence-corrected chi connectivity index (χ2v) is 3.11. The lowest BCUT2D eigenvalue weighted by Gasteiger charge is -1.97. The van der Waals surface area contributed by atoms with Crippen LogP contribution in [0.4, 0.5) is 0 Å². The van der Waals surface area contributed by atoms with Crippen LogP contribution in [-0.2, 0) is 0 Å². The Morgan fingerprint density at radius 1 is 0.909 bits per heavy atom. The molecule has 1 rings (SSSR count). The molecule has 1 aliphatic rings. The maximum atomic E-state index is 2.27. The van der Waals surface area contributed by atoms with Crippen molar-refractivity contribution in [2.75, 3.05) is 0 Å². The van der Waals surface area contributed by atoms with Gasteiger partial charge in [-0.05, 0) is 25.7 Å². The molecule has 0 radical (unpaired) electrons. The van der Waals surface area contributed by atoms with Crippen LogP contribution in [0.15, 0.2) is 12.2 Å². The first-order chi connectivity index (χ1) is 5.41. The van der Waals surface area contributed by atoms with E-state index in [1.54, 1.807) is 0 Å². The lowest BCUT2D eigenvalue weighted by atomic mass is 10.1. The predicted octanol–water partition coefficient (Wildman–Crippen LogP) is 4.31. The average Bonchev–Trinajstić information content (AvgIpc) is 2.10. The number of rotatable bonds is 2. The molecule has 66 valence electrons. The highest BCUT2D eigenvalue weighted by molar-refractivity contribution is 4.85. The normalized spacial score (nSPS) is 15.5. The van der Waals surface area contributed by atoms with E-state index in [1.165, 1.54) is 44.9 Å². The van der Waals surface area contributed by atoms with E-state index in [0.717, 1.165) is 0 Å². The van der Waals surface area contributed by atoms with E-state index in [0.29, 0.717) is 0 Å². The Hall–Kier alpha value is -0.260. The molecular formula is C11H22. The molecule has 0 heteroatoms. The first-order valence-electron chi connectivity index (χ1n) is 5.06. The minimum atomic E-state index is 1.32. The van der Waals surface area contributed by atoms with Crippen LogP contribution in [0.5, 0.6) is 0 Å². The van der Waals surface area contributed by atoms with E-state index in [4.69, 9.17) is 0 Å². The number of allylic oxidation sites excluding steroid dienone is 2. The zero-order chi connectivity index (χ0) is 8.36. The highest BCUT2D eigenvalue weighted by Crippen LogP contribution is 2.07. The molecule has 0 aromatic carbocycles. The first-order valence-corrected chi connectivity index (χ1v) is 5.06. The summed E-state index contributed by atoms with van der Waals surface area (Å²) in [5, 5.41) is 0. The van der Waals surface area contributed by atoms with E-state index in [2.05, 4.69) is 26.0 Å². The smallest absolute Gasteiger partial charge is 0.0351 e. The largest absolute Gasteiger partial charge is 0.0885 e. The third kappa shape index (κ3) is 9.74. The molecular weight excluding hydrogens is 132 g/mol. The molecule has 0 heterocycles. The molecule has 0 aliphatic heterocycles. The summed E-state index contributed by atoms with van der Waals surface area (Å²) in [4.78, 5) is 0. The number of unbranched alkanes of at least 4 members (excludes halogenated alkanes) is 2. The first kappa shape index (κ1) is 10.7. The van der Waals surface area contributed by atoms with E-state index in [-0.39, 0.29) is 0 Å². The van der Waals surface area contributed by atoms with Gasteiger partial charge in [-0.15, -0.1) is 0 Å². The van der Waals surface area contributed by atoms with Crippen molar-refractivity contribution in [1.82, 2.24) is 0 Å². The Morgan fingerprint density at radius 2 is 1.36 bits per heavy atom. The number of hydrogen-bond acceptors (Lipinski definition) is 0. The Morgan fingerprint density at radius 3 is 1.45 bits per heavy atom. The molecule has 0 aromatic heterocycles. The Balaban J connectivity index is 0.000000187. The summed E-state index contributed by atoms with van der Waals surface area (Å²) >= 11 is 0. The van der Waals surface area contributed by atoms with Crippen molar-refractivity contribution in [3.8, 4) is 0 Å². The predicted molar refractivity (Wildman–Crippen MR) is 52.8 cm³/mol. The van der Waals surface area contributed by atoms with Gasteiger partial charge in [-0.2, -0.15) is 0 Å². The molecule has 0 bridgehead atoms. The molecule has 0 saturated carbocycles. The molecule has 11 heavy (non-hydrogen) atoms. The van der Waals surface area contributed by atoms with Crippen molar-refractivity contribution in [2.45, 2.75) is 58.8 Å². The van der Waals surface area contributed by atoms with Crippen LogP contribution >= 0.6 is 0 Å². The van der Waals surface area contributed by atoms with Crippen molar-refractivity contribution in [3.63, 3.8) is 0 Å². The highest BCUT2D eigenvalue weighted by Gasteiger charge is 1.87. The van der Waals surface area contributed by atoms with E-state index in [1.807, 2.05) is 0 Å². The van der Waals surface area contributed by atoms with Gasteiger partial charge in [0, 0.05) is 0 Å². The lowest BCUT2D eigenvalue weighted by Crippen LogP contribution is -1.77. The van der Waals surface area contributed by atoms with Crippen molar-refractivity contribution in [3.05, 3.63) is 12.2 Å². The average molecular weight is 154 g/mol. The monoisotopic (exact) mass is 154 g/mol. The van der Waals surface area contributed by atoms with Crippen LogP contribution in [0.25, 0.3) is 0 Å². The summed E-state index contributed by atoms with van der Waals surface area (Å²) in [6.45, 7) is 4.42. The molecule has 0 fully saturated rings. The van der Waals surface area contributed by atoms with Crippen LogP contribution in [0.2, 0.25) is 0 Å². The third-order valence-corrected chi connectivity index (χ3v) is 1.87. The van der Waals surface area contributed by atoms with Gasteiger partial charge in [-0.1, -0.05) is 45.3 Å². The van der Waals surface area contributed by atoms with Gasteiger partial charge in [0.05, 0.1) is 0 Å². The van der Waals surface area contributed by atoms with Crippen molar-refractivity contribution < 1.29 is 0 Å². The summed E-state index contributed by atoms with van der Waals surface area (Å²) in [7, 11) is 0. The van der Waals surface area contributed by atoms with Crippen LogP contribution < -0.4 is 0 Å². The quantitative estimate of drug-likeness (QED) is 0.520. The van der Waals surface area contributed by atoms with Gasteiger partial charge < -0.3 is 0 Å². The molecule has 0 amide bonds. The van der Waals surface area contributed by atoms with Crippen LogP contribution in [0, 0.1) is 0 Å². The fourth-order valence-corrected chi connectivity index (χ4v) is 1.11. The van der Waals surface area contributed by atoms with Crippen LogP contribution in [0.3, 0.4) is 0 Å². The molecule has 0 aromatic rings. The van der Waals surface area contributed by atoms with Gasteiger partial charge in [-0.25, -0.2) is 0 Å². The van der Waals surface area contributed by atoms with E-state index in [9.17, 15) is 0 Å². The third-order valence-electron chi connectivity index (χ3n) is 1.87. The Labute approximate surface area is 71.7 Å². The SMILES string of the molecule is C1=CCCCC1.CCCCC. The van der Waals surface area contributed by atoms with E-state index >= 15 is 0 Å². The zero-order valence-corrected chi connectivity index (χ0v) is 8.10. The van der Waals surface area contributed by atoms with Crippen molar-refractivity contribution >= 4 is 0 Å². The zero-order valence-electron chi connectivity index (χ0n) is 8.10. The second kappa shape index (κ2) is 9.74. The van der Waals surface area contributed by atoms with Crippen molar-refractivity contribution in [1.29, 1.82) is 0 Å². The molecule has 1 aliphatic carbocycles. The molecule has 0 spiro atoms. The minimum absolute atomic E-state index is 1.32. The Bertz CT molecular complexity index is 72.0. The number of hydrogen-bond donors (Lipinski definition) is 0.